The fourth-order valence-corrected chi connectivity index (χ4v) is 4.84. The van der Waals surface area contributed by atoms with Gasteiger partial charge in [0.25, 0.3) is 0 Å². The summed E-state index contributed by atoms with van der Waals surface area (Å²) in [5.74, 6) is -1.68. The number of imide groups is 1. The summed E-state index contributed by atoms with van der Waals surface area (Å²) >= 11 is 0. The van der Waals surface area contributed by atoms with Gasteiger partial charge in [-0.05, 0) is 80.2 Å². The fraction of sp³-hybridized carbons (Fsp3) is 0.464. The normalized spacial score (nSPS) is 18.5. The van der Waals surface area contributed by atoms with Crippen LogP contribution in [0.25, 0.3) is 0 Å². The second-order valence-corrected chi connectivity index (χ2v) is 10.1. The second kappa shape index (κ2) is 12.3. The summed E-state index contributed by atoms with van der Waals surface area (Å²) in [4.78, 5) is 40.1. The molecule has 2 N–H and O–H groups in total. The molecule has 4 amide bonds. The Labute approximate surface area is 221 Å². The van der Waals surface area contributed by atoms with E-state index in [0.29, 0.717) is 24.4 Å². The molecule has 204 valence electrons. The average Bonchev–Trinajstić information content (AvgIpc) is 3.30. The number of halogens is 2. The highest BCUT2D eigenvalue weighted by Gasteiger charge is 2.39. The molecular formula is C28H34F2N4O4. The molecule has 2 aromatic carbocycles. The summed E-state index contributed by atoms with van der Waals surface area (Å²) in [5, 5.41) is 5.71. The second-order valence-electron chi connectivity index (χ2n) is 10.1. The van der Waals surface area contributed by atoms with E-state index in [1.54, 1.807) is 0 Å². The SMILES string of the molecule is CC(C)C(=O)Nc1cccc(C2CCN(CCCNC(=O)N3C(=O)OC[C@@H]3c3ccc(F)c(F)c3)CC2)c1. The Morgan fingerprint density at radius 2 is 1.82 bits per heavy atom. The number of piperidine rings is 1. The van der Waals surface area contributed by atoms with Crippen molar-refractivity contribution < 1.29 is 27.9 Å². The van der Waals surface area contributed by atoms with Crippen LogP contribution >= 0.6 is 0 Å². The minimum absolute atomic E-state index is 0.00515. The number of urea groups is 1. The molecule has 0 bridgehead atoms. The van der Waals surface area contributed by atoms with Gasteiger partial charge in [-0.1, -0.05) is 32.0 Å². The molecule has 0 saturated carbocycles. The highest BCUT2D eigenvalue weighted by molar-refractivity contribution is 5.93. The first kappa shape index (κ1) is 27.5. The molecule has 2 aromatic rings. The Morgan fingerprint density at radius 1 is 1.05 bits per heavy atom. The van der Waals surface area contributed by atoms with Crippen molar-refractivity contribution in [1.82, 2.24) is 15.1 Å². The van der Waals surface area contributed by atoms with Crippen molar-refractivity contribution in [3.8, 4) is 0 Å². The molecule has 10 heteroatoms. The first-order valence-corrected chi connectivity index (χ1v) is 13.0. The Bertz CT molecular complexity index is 1170. The van der Waals surface area contributed by atoms with Crippen LogP contribution in [0.2, 0.25) is 0 Å². The predicted molar refractivity (Wildman–Crippen MR) is 139 cm³/mol. The van der Waals surface area contributed by atoms with Crippen molar-refractivity contribution in [2.75, 3.05) is 38.1 Å². The predicted octanol–water partition coefficient (Wildman–Crippen LogP) is 5.03. The summed E-state index contributed by atoms with van der Waals surface area (Å²) in [6, 6.07) is 9.91. The van der Waals surface area contributed by atoms with Crippen molar-refractivity contribution >= 4 is 23.7 Å². The molecule has 2 aliphatic heterocycles. The number of nitrogens with one attached hydrogen (secondary N) is 2. The van der Waals surface area contributed by atoms with Gasteiger partial charge in [0.15, 0.2) is 11.6 Å². The van der Waals surface area contributed by atoms with Gasteiger partial charge in [0.1, 0.15) is 12.6 Å². The van der Waals surface area contributed by atoms with E-state index in [2.05, 4.69) is 27.7 Å². The molecule has 38 heavy (non-hydrogen) atoms. The van der Waals surface area contributed by atoms with Crippen LogP contribution in [0, 0.1) is 17.6 Å². The lowest BCUT2D eigenvalue weighted by Gasteiger charge is -2.32. The molecular weight excluding hydrogens is 494 g/mol. The van der Waals surface area contributed by atoms with Crippen molar-refractivity contribution in [2.24, 2.45) is 5.92 Å². The zero-order valence-electron chi connectivity index (χ0n) is 21.7. The zero-order valence-corrected chi connectivity index (χ0v) is 21.7. The van der Waals surface area contributed by atoms with Crippen molar-refractivity contribution in [1.29, 1.82) is 0 Å². The highest BCUT2D eigenvalue weighted by atomic mass is 19.2. The Morgan fingerprint density at radius 3 is 2.53 bits per heavy atom. The van der Waals surface area contributed by atoms with Crippen molar-refractivity contribution in [3.63, 3.8) is 0 Å². The zero-order chi connectivity index (χ0) is 27.2. The van der Waals surface area contributed by atoms with Crippen molar-refractivity contribution in [3.05, 3.63) is 65.2 Å². The molecule has 0 unspecified atom stereocenters. The molecule has 2 aliphatic rings. The third kappa shape index (κ3) is 6.66. The number of likely N-dealkylation sites (tertiary alicyclic amines) is 1. The largest absolute Gasteiger partial charge is 0.446 e. The first-order chi connectivity index (χ1) is 18.2. The number of cyclic esters (lactones) is 1. The first-order valence-electron chi connectivity index (χ1n) is 13.0. The summed E-state index contributed by atoms with van der Waals surface area (Å²) in [7, 11) is 0. The van der Waals surface area contributed by atoms with Crippen LogP contribution in [0.3, 0.4) is 0 Å². The lowest BCUT2D eigenvalue weighted by Crippen LogP contribution is -2.43. The molecule has 2 fully saturated rings. The average molecular weight is 529 g/mol. The van der Waals surface area contributed by atoms with E-state index in [1.807, 2.05) is 26.0 Å². The maximum absolute atomic E-state index is 13.7. The van der Waals surface area contributed by atoms with E-state index < -0.39 is 29.8 Å². The number of carbonyl (C=O) groups excluding carboxylic acids is 3. The molecule has 0 aliphatic carbocycles. The topological polar surface area (TPSA) is 91.0 Å². The summed E-state index contributed by atoms with van der Waals surface area (Å²) in [6.07, 6.45) is 1.89. The molecule has 4 rings (SSSR count). The molecule has 0 spiro atoms. The number of carbonyl (C=O) groups is 3. The minimum atomic E-state index is -1.04. The Balaban J connectivity index is 1.21. The van der Waals surface area contributed by atoms with Gasteiger partial charge in [-0.3, -0.25) is 4.79 Å². The number of anilines is 1. The lowest BCUT2D eigenvalue weighted by molar-refractivity contribution is -0.118. The van der Waals surface area contributed by atoms with Crippen LogP contribution in [-0.2, 0) is 9.53 Å². The lowest BCUT2D eigenvalue weighted by atomic mass is 9.89. The van der Waals surface area contributed by atoms with Gasteiger partial charge in [-0.15, -0.1) is 0 Å². The van der Waals surface area contributed by atoms with Crippen LogP contribution in [0.1, 0.15) is 56.2 Å². The van der Waals surface area contributed by atoms with E-state index in [9.17, 15) is 23.2 Å². The summed E-state index contributed by atoms with van der Waals surface area (Å²) < 4.78 is 31.9. The third-order valence-corrected chi connectivity index (χ3v) is 7.09. The van der Waals surface area contributed by atoms with Gasteiger partial charge in [-0.2, -0.15) is 0 Å². The van der Waals surface area contributed by atoms with Crippen LogP contribution in [-0.4, -0.2) is 60.6 Å². The van der Waals surface area contributed by atoms with E-state index >= 15 is 0 Å². The van der Waals surface area contributed by atoms with Crippen LogP contribution in [0.4, 0.5) is 24.1 Å². The maximum atomic E-state index is 13.7. The van der Waals surface area contributed by atoms with Crippen LogP contribution in [0.15, 0.2) is 42.5 Å². The quantitative estimate of drug-likeness (QED) is 0.469. The summed E-state index contributed by atoms with van der Waals surface area (Å²) in [5.41, 5.74) is 2.35. The number of hydrogen-bond donors (Lipinski definition) is 2. The van der Waals surface area contributed by atoms with E-state index in [4.69, 9.17) is 4.74 Å². The number of amides is 4. The monoisotopic (exact) mass is 528 g/mol. The van der Waals surface area contributed by atoms with Gasteiger partial charge < -0.3 is 20.3 Å². The number of nitrogens with zero attached hydrogens (tertiary/aromatic N) is 2. The van der Waals surface area contributed by atoms with Gasteiger partial charge in [0.2, 0.25) is 5.91 Å². The molecule has 8 nitrogen and oxygen atoms in total. The van der Waals surface area contributed by atoms with E-state index in [1.165, 1.54) is 11.6 Å². The Hall–Kier alpha value is -3.53. The van der Waals surface area contributed by atoms with Crippen LogP contribution in [0.5, 0.6) is 0 Å². The third-order valence-electron chi connectivity index (χ3n) is 7.09. The number of ether oxygens (including phenoxy) is 1. The summed E-state index contributed by atoms with van der Waals surface area (Å²) in [6.45, 7) is 6.65. The Kier molecular flexibility index (Phi) is 8.93. The van der Waals surface area contributed by atoms with Crippen molar-refractivity contribution in [2.45, 2.75) is 45.1 Å². The van der Waals surface area contributed by atoms with Gasteiger partial charge in [0.05, 0.1) is 0 Å². The fourth-order valence-electron chi connectivity index (χ4n) is 4.84. The smallest absolute Gasteiger partial charge is 0.418 e. The standard InChI is InChI=1S/C28H34F2N4O4/c1-18(2)26(35)32-22-6-3-5-20(15-22)19-9-13-33(14-10-19)12-4-11-31-27(36)34-25(17-38-28(34)37)21-7-8-23(29)24(30)16-21/h3,5-8,15-16,18-19,25H,4,9-14,17H2,1-2H3,(H,31,36)(H,32,35)/t25-/m1/s1. The molecule has 0 aromatic heterocycles. The van der Waals surface area contributed by atoms with Gasteiger partial charge >= 0.3 is 12.1 Å². The molecule has 0 radical (unpaired) electrons. The molecule has 2 heterocycles. The molecule has 2 saturated heterocycles. The minimum Gasteiger partial charge on any atom is -0.446 e. The van der Waals surface area contributed by atoms with E-state index in [-0.39, 0.29) is 18.4 Å². The highest BCUT2D eigenvalue weighted by Crippen LogP contribution is 2.30. The number of hydrogen-bond acceptors (Lipinski definition) is 5. The molecule has 1 atom stereocenters. The number of rotatable bonds is 8. The van der Waals surface area contributed by atoms with Gasteiger partial charge in [0, 0.05) is 18.2 Å². The number of benzene rings is 2. The van der Waals surface area contributed by atoms with Crippen LogP contribution < -0.4 is 10.6 Å². The van der Waals surface area contributed by atoms with E-state index in [0.717, 1.165) is 55.2 Å². The maximum Gasteiger partial charge on any atom is 0.418 e. The van der Waals surface area contributed by atoms with Gasteiger partial charge in [-0.25, -0.2) is 23.3 Å².